The van der Waals surface area contributed by atoms with E-state index in [1.165, 1.54) is 0 Å². The molecule has 31 heavy (non-hydrogen) atoms. The quantitative estimate of drug-likeness (QED) is 0.476. The van der Waals surface area contributed by atoms with Crippen LogP contribution in [-0.2, 0) is 26.4 Å². The zero-order chi connectivity index (χ0) is 21.5. The number of likely N-dealkylation sites (N-methyl/N-ethyl adjacent to an activating group) is 1. The van der Waals surface area contributed by atoms with Gasteiger partial charge in [-0.05, 0) is 43.9 Å². The Bertz CT molecular complexity index is 1240. The molecule has 0 spiro atoms. The molecule has 4 heterocycles. The van der Waals surface area contributed by atoms with Gasteiger partial charge in [-0.15, -0.1) is 11.3 Å². The first kappa shape index (κ1) is 20.2. The Morgan fingerprint density at radius 2 is 2.10 bits per heavy atom. The SMILES string of the molecule is CN(C)CCn1ccc(Nc2ncc3c(n2)-c2c(nn(C)c2-c2sccc2Cl)CC3)n1. The Morgan fingerprint density at radius 3 is 2.87 bits per heavy atom. The van der Waals surface area contributed by atoms with Crippen molar-refractivity contribution in [3.05, 3.63) is 46.2 Å². The Balaban J connectivity index is 1.49. The number of nitrogens with zero attached hydrogens (tertiary/aromatic N) is 7. The summed E-state index contributed by atoms with van der Waals surface area (Å²) in [6.45, 7) is 1.75. The Hall–Kier alpha value is -2.75. The zero-order valence-electron chi connectivity index (χ0n) is 17.6. The number of hydrogen-bond acceptors (Lipinski definition) is 7. The van der Waals surface area contributed by atoms with Crippen LogP contribution in [0.15, 0.2) is 29.9 Å². The lowest BCUT2D eigenvalue weighted by molar-refractivity contribution is 0.373. The molecule has 0 aromatic carbocycles. The van der Waals surface area contributed by atoms with Crippen molar-refractivity contribution in [2.24, 2.45) is 7.05 Å². The van der Waals surface area contributed by atoms with E-state index in [9.17, 15) is 0 Å². The van der Waals surface area contributed by atoms with E-state index in [1.807, 2.05) is 60.4 Å². The van der Waals surface area contributed by atoms with Crippen molar-refractivity contribution in [3.63, 3.8) is 0 Å². The Labute approximate surface area is 189 Å². The van der Waals surface area contributed by atoms with Gasteiger partial charge < -0.3 is 10.2 Å². The second kappa shape index (κ2) is 8.07. The summed E-state index contributed by atoms with van der Waals surface area (Å²) in [6.07, 6.45) is 5.60. The summed E-state index contributed by atoms with van der Waals surface area (Å²) in [5.41, 5.74) is 5.14. The molecule has 0 saturated heterocycles. The number of thiophene rings is 1. The first-order valence-electron chi connectivity index (χ1n) is 10.1. The van der Waals surface area contributed by atoms with E-state index in [-0.39, 0.29) is 0 Å². The van der Waals surface area contributed by atoms with Crippen LogP contribution < -0.4 is 5.32 Å². The molecular weight excluding hydrogens is 432 g/mol. The molecule has 0 aliphatic heterocycles. The van der Waals surface area contributed by atoms with Crippen LogP contribution in [0.5, 0.6) is 0 Å². The zero-order valence-corrected chi connectivity index (χ0v) is 19.2. The third-order valence-electron chi connectivity index (χ3n) is 5.34. The van der Waals surface area contributed by atoms with Crippen molar-refractivity contribution < 1.29 is 0 Å². The van der Waals surface area contributed by atoms with Crippen molar-refractivity contribution >= 4 is 34.7 Å². The molecule has 1 N–H and O–H groups in total. The highest BCUT2D eigenvalue weighted by atomic mass is 35.5. The standard InChI is InChI=1S/C21H23ClN8S/c1-28(2)9-10-30-8-6-16(27-30)24-21-23-12-13-4-5-15-17(18(13)25-21)19(29(3)26-15)20-14(22)7-11-31-20/h6-8,11-12H,4-5,9-10H2,1-3H3,(H,23,24,25,27). The number of hydrogen-bond donors (Lipinski definition) is 1. The highest BCUT2D eigenvalue weighted by molar-refractivity contribution is 7.14. The van der Waals surface area contributed by atoms with E-state index < -0.39 is 0 Å². The monoisotopic (exact) mass is 454 g/mol. The van der Waals surface area contributed by atoms with Crippen molar-refractivity contribution in [1.29, 1.82) is 0 Å². The van der Waals surface area contributed by atoms with Gasteiger partial charge in [0.15, 0.2) is 5.82 Å². The maximum absolute atomic E-state index is 6.47. The lowest BCUT2D eigenvalue weighted by atomic mass is 9.93. The molecule has 4 aromatic rings. The van der Waals surface area contributed by atoms with Gasteiger partial charge in [0.05, 0.1) is 39.1 Å². The summed E-state index contributed by atoms with van der Waals surface area (Å²) in [7, 11) is 6.06. The molecule has 0 atom stereocenters. The minimum atomic E-state index is 0.525. The predicted molar refractivity (Wildman–Crippen MR) is 124 cm³/mol. The molecule has 8 nitrogen and oxygen atoms in total. The smallest absolute Gasteiger partial charge is 0.228 e. The van der Waals surface area contributed by atoms with Crippen molar-refractivity contribution in [1.82, 2.24) is 34.4 Å². The molecule has 1 aliphatic carbocycles. The minimum Gasteiger partial charge on any atom is -0.308 e. The molecule has 4 aromatic heterocycles. The predicted octanol–water partition coefficient (Wildman–Crippen LogP) is 3.86. The average Bonchev–Trinajstić information content (AvgIpc) is 3.44. The summed E-state index contributed by atoms with van der Waals surface area (Å²) in [4.78, 5) is 12.5. The number of fused-ring (bicyclic) bond motifs is 3. The molecule has 5 rings (SSSR count). The molecule has 1 aliphatic rings. The number of anilines is 2. The van der Waals surface area contributed by atoms with Crippen LogP contribution in [0.3, 0.4) is 0 Å². The molecule has 0 amide bonds. The molecule has 0 bridgehead atoms. The fraction of sp³-hybridized carbons (Fsp3) is 0.333. The number of aryl methyl sites for hydroxylation is 3. The van der Waals surface area contributed by atoms with Crippen LogP contribution in [0.25, 0.3) is 21.8 Å². The van der Waals surface area contributed by atoms with E-state index >= 15 is 0 Å². The van der Waals surface area contributed by atoms with Gasteiger partial charge in [-0.25, -0.2) is 9.97 Å². The van der Waals surface area contributed by atoms with Gasteiger partial charge in [0.25, 0.3) is 0 Å². The summed E-state index contributed by atoms with van der Waals surface area (Å²) in [6, 6.07) is 3.86. The first-order valence-corrected chi connectivity index (χ1v) is 11.4. The summed E-state index contributed by atoms with van der Waals surface area (Å²) in [5, 5.41) is 15.3. The fourth-order valence-corrected chi connectivity index (χ4v) is 5.04. The van der Waals surface area contributed by atoms with Gasteiger partial charge >= 0.3 is 0 Å². The number of halogens is 1. The van der Waals surface area contributed by atoms with Crippen LogP contribution in [0, 0.1) is 0 Å². The van der Waals surface area contributed by atoms with E-state index in [0.29, 0.717) is 5.95 Å². The molecule has 160 valence electrons. The Morgan fingerprint density at radius 1 is 1.23 bits per heavy atom. The molecule has 0 unspecified atom stereocenters. The summed E-state index contributed by atoms with van der Waals surface area (Å²) >= 11 is 8.09. The number of rotatable bonds is 6. The lowest BCUT2D eigenvalue weighted by Gasteiger charge is -2.16. The van der Waals surface area contributed by atoms with Gasteiger partial charge in [0.2, 0.25) is 5.95 Å². The first-order chi connectivity index (χ1) is 15.0. The average molecular weight is 455 g/mol. The largest absolute Gasteiger partial charge is 0.308 e. The van der Waals surface area contributed by atoms with Crippen LogP contribution in [0.2, 0.25) is 5.02 Å². The van der Waals surface area contributed by atoms with Crippen LogP contribution in [-0.4, -0.2) is 55.1 Å². The fourth-order valence-electron chi connectivity index (χ4n) is 3.82. The maximum Gasteiger partial charge on any atom is 0.228 e. The highest BCUT2D eigenvalue weighted by Gasteiger charge is 2.28. The lowest BCUT2D eigenvalue weighted by Crippen LogP contribution is -2.18. The van der Waals surface area contributed by atoms with Gasteiger partial charge in [0.1, 0.15) is 0 Å². The normalized spacial score (nSPS) is 12.8. The van der Waals surface area contributed by atoms with Gasteiger partial charge in [-0.1, -0.05) is 11.6 Å². The highest BCUT2D eigenvalue weighted by Crippen LogP contribution is 2.43. The number of aromatic nitrogens is 6. The van der Waals surface area contributed by atoms with Gasteiger partial charge in [0, 0.05) is 32.1 Å². The molecule has 10 heteroatoms. The van der Waals surface area contributed by atoms with Crippen molar-refractivity contribution in [2.45, 2.75) is 19.4 Å². The second-order valence-electron chi connectivity index (χ2n) is 7.85. The second-order valence-corrected chi connectivity index (χ2v) is 9.17. The maximum atomic E-state index is 6.47. The van der Waals surface area contributed by atoms with Crippen molar-refractivity contribution in [3.8, 4) is 21.8 Å². The summed E-state index contributed by atoms with van der Waals surface area (Å²) < 4.78 is 3.83. The van der Waals surface area contributed by atoms with Crippen LogP contribution >= 0.6 is 22.9 Å². The van der Waals surface area contributed by atoms with E-state index in [4.69, 9.17) is 21.7 Å². The van der Waals surface area contributed by atoms with E-state index in [0.717, 1.165) is 69.9 Å². The van der Waals surface area contributed by atoms with Gasteiger partial charge in [-0.2, -0.15) is 10.2 Å². The van der Waals surface area contributed by atoms with Crippen molar-refractivity contribution in [2.75, 3.05) is 26.0 Å². The third kappa shape index (κ3) is 3.84. The van der Waals surface area contributed by atoms with Crippen LogP contribution in [0.4, 0.5) is 11.8 Å². The van der Waals surface area contributed by atoms with E-state index in [2.05, 4.69) is 20.3 Å². The molecular formula is C21H23ClN8S. The van der Waals surface area contributed by atoms with Gasteiger partial charge in [-0.3, -0.25) is 9.36 Å². The molecule has 0 fully saturated rings. The summed E-state index contributed by atoms with van der Waals surface area (Å²) in [5.74, 6) is 1.25. The molecule has 0 radical (unpaired) electrons. The Kier molecular flexibility index (Phi) is 5.25. The topological polar surface area (TPSA) is 76.7 Å². The van der Waals surface area contributed by atoms with E-state index in [1.54, 1.807) is 11.3 Å². The minimum absolute atomic E-state index is 0.525. The number of nitrogens with one attached hydrogen (secondary N) is 1. The molecule has 0 saturated carbocycles. The third-order valence-corrected chi connectivity index (χ3v) is 6.69. The van der Waals surface area contributed by atoms with Crippen LogP contribution in [0.1, 0.15) is 11.3 Å².